The van der Waals surface area contributed by atoms with Crippen LogP contribution in [0.15, 0.2) is 39.8 Å². The Morgan fingerprint density at radius 3 is 2.57 bits per heavy atom. The molecule has 1 aliphatic rings. The van der Waals surface area contributed by atoms with E-state index >= 15 is 0 Å². The Hall–Kier alpha value is -2.17. The molecule has 2 amide bonds. The first kappa shape index (κ1) is 22.5. The molecule has 1 fully saturated rings. The predicted molar refractivity (Wildman–Crippen MR) is 118 cm³/mol. The van der Waals surface area contributed by atoms with E-state index in [1.807, 2.05) is 25.1 Å². The average Bonchev–Trinajstić information content (AvgIpc) is 3.35. The monoisotopic (exact) mass is 496 g/mol. The van der Waals surface area contributed by atoms with Crippen molar-refractivity contribution in [2.45, 2.75) is 31.1 Å². The molecule has 0 radical (unpaired) electrons. The van der Waals surface area contributed by atoms with Gasteiger partial charge in [0.15, 0.2) is 0 Å². The van der Waals surface area contributed by atoms with Gasteiger partial charge in [0.25, 0.3) is 5.91 Å². The minimum atomic E-state index is -3.59. The molecule has 0 spiro atoms. The number of nitrogens with zero attached hydrogens (tertiary/aromatic N) is 2. The number of nitrogens with one attached hydrogen (secondary N) is 2. The lowest BCUT2D eigenvalue weighted by molar-refractivity contribution is -0.116. The number of benzene rings is 1. The maximum atomic E-state index is 12.7. The highest BCUT2D eigenvalue weighted by Crippen LogP contribution is 2.23. The van der Waals surface area contributed by atoms with Gasteiger partial charge in [-0.05, 0) is 43.5 Å². The molecule has 0 aliphatic carbocycles. The van der Waals surface area contributed by atoms with Gasteiger partial charge in [-0.15, -0.1) is 0 Å². The first-order valence-electron chi connectivity index (χ1n) is 9.69. The highest BCUT2D eigenvalue weighted by Gasteiger charge is 2.29. The lowest BCUT2D eigenvalue weighted by atomic mass is 10.2. The molecule has 1 aliphatic heterocycles. The topological polar surface area (TPSA) is 101 Å². The second kappa shape index (κ2) is 9.32. The SMILES string of the molecule is Cc1ccc(Br)cc1NC(=O)CCNC(=O)c1cc(S(=O)(=O)N2CCCC2)cn1C. The van der Waals surface area contributed by atoms with Crippen molar-refractivity contribution in [1.82, 2.24) is 14.2 Å². The van der Waals surface area contributed by atoms with Gasteiger partial charge in [-0.2, -0.15) is 4.31 Å². The first-order chi connectivity index (χ1) is 14.2. The summed E-state index contributed by atoms with van der Waals surface area (Å²) in [4.78, 5) is 24.8. The summed E-state index contributed by atoms with van der Waals surface area (Å²) in [6.07, 6.45) is 3.24. The summed E-state index contributed by atoms with van der Waals surface area (Å²) in [6.45, 7) is 3.04. The van der Waals surface area contributed by atoms with Crippen LogP contribution < -0.4 is 10.6 Å². The molecular formula is C20H25BrN4O4S. The Kier molecular flexibility index (Phi) is 6.99. The lowest BCUT2D eigenvalue weighted by Gasteiger charge is -2.13. The van der Waals surface area contributed by atoms with Crippen LogP contribution >= 0.6 is 15.9 Å². The van der Waals surface area contributed by atoms with Crippen LogP contribution in [0.25, 0.3) is 0 Å². The van der Waals surface area contributed by atoms with E-state index in [-0.39, 0.29) is 29.5 Å². The Labute approximate surface area is 184 Å². The predicted octanol–water partition coefficient (Wildman–Crippen LogP) is 2.64. The van der Waals surface area contributed by atoms with Crippen LogP contribution in [0.1, 0.15) is 35.3 Å². The van der Waals surface area contributed by atoms with E-state index in [4.69, 9.17) is 0 Å². The second-order valence-corrected chi connectivity index (χ2v) is 10.2. The normalized spacial score (nSPS) is 14.6. The van der Waals surface area contributed by atoms with Crippen molar-refractivity contribution in [3.63, 3.8) is 0 Å². The summed E-state index contributed by atoms with van der Waals surface area (Å²) in [5.41, 5.74) is 1.88. The molecule has 8 nitrogen and oxygen atoms in total. The highest BCUT2D eigenvalue weighted by atomic mass is 79.9. The van der Waals surface area contributed by atoms with Crippen LogP contribution in [-0.2, 0) is 21.9 Å². The first-order valence-corrected chi connectivity index (χ1v) is 11.9. The molecule has 2 aromatic rings. The molecule has 0 saturated carbocycles. The van der Waals surface area contributed by atoms with Gasteiger partial charge in [0.1, 0.15) is 10.6 Å². The zero-order valence-corrected chi connectivity index (χ0v) is 19.3. The van der Waals surface area contributed by atoms with Crippen LogP contribution in [0, 0.1) is 6.92 Å². The fourth-order valence-electron chi connectivity index (χ4n) is 3.30. The fourth-order valence-corrected chi connectivity index (χ4v) is 5.25. The number of carbonyl (C=O) groups excluding carboxylic acids is 2. The van der Waals surface area contributed by atoms with Crippen molar-refractivity contribution < 1.29 is 18.0 Å². The van der Waals surface area contributed by atoms with Crippen molar-refractivity contribution in [1.29, 1.82) is 0 Å². The second-order valence-electron chi connectivity index (χ2n) is 7.30. The molecule has 10 heteroatoms. The fraction of sp³-hybridized carbons (Fsp3) is 0.400. The minimum absolute atomic E-state index is 0.0983. The average molecular weight is 497 g/mol. The summed E-state index contributed by atoms with van der Waals surface area (Å²) in [5, 5.41) is 5.50. The summed E-state index contributed by atoms with van der Waals surface area (Å²) in [6, 6.07) is 6.99. The van der Waals surface area contributed by atoms with Crippen molar-refractivity contribution in [3.05, 3.63) is 46.2 Å². The summed E-state index contributed by atoms with van der Waals surface area (Å²) >= 11 is 3.37. The largest absolute Gasteiger partial charge is 0.350 e. The van der Waals surface area contributed by atoms with Gasteiger partial charge in [0, 0.05) is 49.5 Å². The Balaban J connectivity index is 1.57. The lowest BCUT2D eigenvalue weighted by Crippen LogP contribution is -2.29. The van der Waals surface area contributed by atoms with E-state index in [0.29, 0.717) is 18.8 Å². The zero-order valence-electron chi connectivity index (χ0n) is 16.9. The number of aryl methyl sites for hydroxylation is 2. The number of anilines is 1. The molecule has 2 heterocycles. The molecule has 0 bridgehead atoms. The highest BCUT2D eigenvalue weighted by molar-refractivity contribution is 9.10. The number of carbonyl (C=O) groups is 2. The van der Waals surface area contributed by atoms with E-state index in [2.05, 4.69) is 26.6 Å². The van der Waals surface area contributed by atoms with Crippen molar-refractivity contribution in [2.24, 2.45) is 7.05 Å². The van der Waals surface area contributed by atoms with Gasteiger partial charge in [-0.25, -0.2) is 8.42 Å². The maximum absolute atomic E-state index is 12.7. The summed E-state index contributed by atoms with van der Waals surface area (Å²) in [7, 11) is -1.96. The zero-order chi connectivity index (χ0) is 21.9. The van der Waals surface area contributed by atoms with E-state index in [1.54, 1.807) is 7.05 Å². The number of halogens is 1. The molecule has 1 aromatic carbocycles. The number of hydrogen-bond donors (Lipinski definition) is 2. The van der Waals surface area contributed by atoms with Crippen LogP contribution in [0.4, 0.5) is 5.69 Å². The molecule has 2 N–H and O–H groups in total. The van der Waals surface area contributed by atoms with Crippen LogP contribution in [0.5, 0.6) is 0 Å². The van der Waals surface area contributed by atoms with Crippen LogP contribution in [0.2, 0.25) is 0 Å². The molecule has 1 saturated heterocycles. The molecule has 162 valence electrons. The van der Waals surface area contributed by atoms with Gasteiger partial charge in [-0.3, -0.25) is 9.59 Å². The van der Waals surface area contributed by atoms with E-state index < -0.39 is 15.9 Å². The maximum Gasteiger partial charge on any atom is 0.267 e. The van der Waals surface area contributed by atoms with Gasteiger partial charge < -0.3 is 15.2 Å². The molecule has 3 rings (SSSR count). The molecule has 0 unspecified atom stereocenters. The third kappa shape index (κ3) is 5.11. The number of aromatic nitrogens is 1. The van der Waals surface area contributed by atoms with Gasteiger partial charge in [-0.1, -0.05) is 22.0 Å². The summed E-state index contributed by atoms with van der Waals surface area (Å²) < 4.78 is 29.1. The van der Waals surface area contributed by atoms with Gasteiger partial charge in [0.05, 0.1) is 0 Å². The van der Waals surface area contributed by atoms with Gasteiger partial charge >= 0.3 is 0 Å². The van der Waals surface area contributed by atoms with E-state index in [0.717, 1.165) is 22.9 Å². The van der Waals surface area contributed by atoms with Gasteiger partial charge in [0.2, 0.25) is 15.9 Å². The Morgan fingerprint density at radius 2 is 1.87 bits per heavy atom. The van der Waals surface area contributed by atoms with E-state index in [1.165, 1.54) is 21.1 Å². The Bertz CT molecular complexity index is 1060. The number of hydrogen-bond acceptors (Lipinski definition) is 4. The number of sulfonamides is 1. The number of amides is 2. The van der Waals surface area contributed by atoms with Crippen molar-refractivity contribution in [2.75, 3.05) is 25.0 Å². The molecule has 30 heavy (non-hydrogen) atoms. The standard InChI is InChI=1S/C20H25BrN4O4S/c1-14-5-6-15(21)11-17(14)23-19(26)7-8-22-20(27)18-12-16(13-24(18)2)30(28,29)25-9-3-4-10-25/h5-6,11-13H,3-4,7-10H2,1-2H3,(H,22,27)(H,23,26). The molecule has 1 aromatic heterocycles. The molecule has 0 atom stereocenters. The quantitative estimate of drug-likeness (QED) is 0.614. The van der Waals surface area contributed by atoms with Crippen molar-refractivity contribution >= 4 is 43.5 Å². The van der Waals surface area contributed by atoms with E-state index in [9.17, 15) is 18.0 Å². The van der Waals surface area contributed by atoms with Crippen molar-refractivity contribution in [3.8, 4) is 0 Å². The third-order valence-electron chi connectivity index (χ3n) is 5.03. The summed E-state index contributed by atoms with van der Waals surface area (Å²) in [5.74, 6) is -0.646. The Morgan fingerprint density at radius 1 is 1.17 bits per heavy atom. The smallest absolute Gasteiger partial charge is 0.267 e. The molecular weight excluding hydrogens is 472 g/mol. The minimum Gasteiger partial charge on any atom is -0.350 e. The van der Waals surface area contributed by atoms with Crippen LogP contribution in [0.3, 0.4) is 0 Å². The third-order valence-corrected chi connectivity index (χ3v) is 7.38. The number of rotatable bonds is 7. The van der Waals surface area contributed by atoms with Crippen LogP contribution in [-0.4, -0.2) is 48.7 Å².